The molecule has 1 aromatic carbocycles. The zero-order chi connectivity index (χ0) is 13.8. The number of carbonyl (C=O) groups excluding carboxylic acids is 1. The van der Waals surface area contributed by atoms with Gasteiger partial charge in [0.1, 0.15) is 0 Å². The molecule has 1 unspecified atom stereocenters. The second-order valence-electron chi connectivity index (χ2n) is 4.76. The number of aromatic amines is 1. The van der Waals surface area contributed by atoms with Gasteiger partial charge in [-0.3, -0.25) is 4.79 Å². The molecule has 5 nitrogen and oxygen atoms in total. The molecular weight excluding hydrogens is 242 g/mol. The first-order valence-electron chi connectivity index (χ1n) is 6.33. The van der Waals surface area contributed by atoms with Crippen molar-refractivity contribution < 1.29 is 9.90 Å². The van der Waals surface area contributed by atoms with Crippen LogP contribution in [-0.4, -0.2) is 34.7 Å². The molecule has 0 radical (unpaired) electrons. The van der Waals surface area contributed by atoms with Gasteiger partial charge in [0, 0.05) is 23.1 Å². The number of hydrogen-bond acceptors (Lipinski definition) is 3. The van der Waals surface area contributed by atoms with Crippen LogP contribution in [0.5, 0.6) is 0 Å². The van der Waals surface area contributed by atoms with Crippen LogP contribution in [0.15, 0.2) is 30.5 Å². The van der Waals surface area contributed by atoms with Gasteiger partial charge in [0.15, 0.2) is 0 Å². The number of hydrogen-bond donors (Lipinski definition) is 4. The van der Waals surface area contributed by atoms with Crippen molar-refractivity contribution >= 4 is 16.8 Å². The molecule has 0 aliphatic rings. The molecule has 102 valence electrons. The summed E-state index contributed by atoms with van der Waals surface area (Å²) < 4.78 is 0. The Morgan fingerprint density at radius 2 is 2.21 bits per heavy atom. The highest BCUT2D eigenvalue weighted by atomic mass is 16.3. The summed E-state index contributed by atoms with van der Waals surface area (Å²) in [5, 5.41) is 12.7. The summed E-state index contributed by atoms with van der Waals surface area (Å²) in [7, 11) is 0. The normalized spacial score (nSPS) is 14.3. The van der Waals surface area contributed by atoms with Crippen molar-refractivity contribution in [2.24, 2.45) is 5.73 Å². The van der Waals surface area contributed by atoms with Gasteiger partial charge in [0.05, 0.1) is 12.6 Å². The molecular formula is C14H19N3O2. The molecule has 1 amide bonds. The number of aliphatic hydroxyl groups excluding tert-OH is 1. The monoisotopic (exact) mass is 261 g/mol. The standard InChI is InChI=1S/C14H19N3O2/c1-9(8-18)17-14(19)12(15)6-10-7-16-13-5-3-2-4-11(10)13/h2-5,7,9,12,16,18H,6,8,15H2,1H3,(H,17,19)/t9?,12-/m1/s1. The molecule has 0 aliphatic carbocycles. The van der Waals surface area contributed by atoms with Crippen LogP contribution in [0.2, 0.25) is 0 Å². The van der Waals surface area contributed by atoms with E-state index < -0.39 is 6.04 Å². The van der Waals surface area contributed by atoms with E-state index in [1.165, 1.54) is 0 Å². The van der Waals surface area contributed by atoms with Crippen LogP contribution in [-0.2, 0) is 11.2 Å². The number of benzene rings is 1. The highest BCUT2D eigenvalue weighted by Gasteiger charge is 2.17. The van der Waals surface area contributed by atoms with Gasteiger partial charge < -0.3 is 21.1 Å². The molecule has 2 atom stereocenters. The van der Waals surface area contributed by atoms with Crippen molar-refractivity contribution in [3.8, 4) is 0 Å². The van der Waals surface area contributed by atoms with E-state index >= 15 is 0 Å². The molecule has 0 bridgehead atoms. The second kappa shape index (κ2) is 5.86. The van der Waals surface area contributed by atoms with Gasteiger partial charge in [0.25, 0.3) is 0 Å². The van der Waals surface area contributed by atoms with E-state index in [9.17, 15) is 4.79 Å². The summed E-state index contributed by atoms with van der Waals surface area (Å²) in [5.74, 6) is -0.244. The topological polar surface area (TPSA) is 91.1 Å². The maximum absolute atomic E-state index is 11.8. The predicted octanol–water partition coefficient (Wildman–Crippen LogP) is 0.535. The molecule has 5 N–H and O–H groups in total. The molecule has 19 heavy (non-hydrogen) atoms. The van der Waals surface area contributed by atoms with Gasteiger partial charge in [-0.05, 0) is 25.0 Å². The third kappa shape index (κ3) is 3.13. The Balaban J connectivity index is 2.06. The Morgan fingerprint density at radius 3 is 2.95 bits per heavy atom. The lowest BCUT2D eigenvalue weighted by atomic mass is 10.0. The number of aliphatic hydroxyl groups is 1. The molecule has 1 aromatic heterocycles. The third-order valence-corrected chi connectivity index (χ3v) is 3.11. The summed E-state index contributed by atoms with van der Waals surface area (Å²) >= 11 is 0. The van der Waals surface area contributed by atoms with Gasteiger partial charge in [-0.2, -0.15) is 0 Å². The Bertz CT molecular complexity index is 565. The van der Waals surface area contributed by atoms with Crippen molar-refractivity contribution in [1.29, 1.82) is 0 Å². The van der Waals surface area contributed by atoms with Crippen LogP contribution in [0.25, 0.3) is 10.9 Å². The maximum Gasteiger partial charge on any atom is 0.237 e. The van der Waals surface area contributed by atoms with Gasteiger partial charge in [-0.15, -0.1) is 0 Å². The van der Waals surface area contributed by atoms with Crippen molar-refractivity contribution in [2.75, 3.05) is 6.61 Å². The van der Waals surface area contributed by atoms with E-state index in [4.69, 9.17) is 10.8 Å². The van der Waals surface area contributed by atoms with E-state index in [-0.39, 0.29) is 18.6 Å². The van der Waals surface area contributed by atoms with Gasteiger partial charge >= 0.3 is 0 Å². The number of para-hydroxylation sites is 1. The molecule has 0 saturated heterocycles. The van der Waals surface area contributed by atoms with E-state index in [2.05, 4.69) is 10.3 Å². The number of nitrogens with one attached hydrogen (secondary N) is 2. The largest absolute Gasteiger partial charge is 0.394 e. The molecule has 2 aromatic rings. The minimum Gasteiger partial charge on any atom is -0.394 e. The van der Waals surface area contributed by atoms with Crippen LogP contribution < -0.4 is 11.1 Å². The van der Waals surface area contributed by atoms with Crippen LogP contribution in [0.1, 0.15) is 12.5 Å². The first kappa shape index (κ1) is 13.6. The maximum atomic E-state index is 11.8. The van der Waals surface area contributed by atoms with Gasteiger partial charge in [-0.1, -0.05) is 18.2 Å². The lowest BCUT2D eigenvalue weighted by Crippen LogP contribution is -2.46. The molecule has 1 heterocycles. The van der Waals surface area contributed by atoms with Crippen LogP contribution in [0.4, 0.5) is 0 Å². The van der Waals surface area contributed by atoms with Crippen molar-refractivity contribution in [3.05, 3.63) is 36.0 Å². The predicted molar refractivity (Wildman–Crippen MR) is 74.7 cm³/mol. The van der Waals surface area contributed by atoms with E-state index in [0.717, 1.165) is 16.5 Å². The number of fused-ring (bicyclic) bond motifs is 1. The lowest BCUT2D eigenvalue weighted by Gasteiger charge is -2.15. The summed E-state index contributed by atoms with van der Waals surface area (Å²) in [4.78, 5) is 15.0. The lowest BCUT2D eigenvalue weighted by molar-refractivity contribution is -0.123. The Kier molecular flexibility index (Phi) is 4.19. The fraction of sp³-hybridized carbons (Fsp3) is 0.357. The summed E-state index contributed by atoms with van der Waals surface area (Å²) in [6.07, 6.45) is 2.35. The smallest absolute Gasteiger partial charge is 0.237 e. The molecule has 5 heteroatoms. The highest BCUT2D eigenvalue weighted by molar-refractivity contribution is 5.86. The van der Waals surface area contributed by atoms with Crippen LogP contribution in [0.3, 0.4) is 0 Å². The second-order valence-corrected chi connectivity index (χ2v) is 4.76. The van der Waals surface area contributed by atoms with Gasteiger partial charge in [-0.25, -0.2) is 0 Å². The minimum atomic E-state index is -0.617. The molecule has 0 spiro atoms. The number of carbonyl (C=O) groups is 1. The van der Waals surface area contributed by atoms with Crippen molar-refractivity contribution in [1.82, 2.24) is 10.3 Å². The van der Waals surface area contributed by atoms with Gasteiger partial charge in [0.2, 0.25) is 5.91 Å². The van der Waals surface area contributed by atoms with E-state index in [0.29, 0.717) is 6.42 Å². The van der Waals surface area contributed by atoms with Crippen LogP contribution in [0, 0.1) is 0 Å². The summed E-state index contributed by atoms with van der Waals surface area (Å²) in [6.45, 7) is 1.64. The number of aromatic nitrogens is 1. The fourth-order valence-electron chi connectivity index (χ4n) is 2.03. The highest BCUT2D eigenvalue weighted by Crippen LogP contribution is 2.18. The Morgan fingerprint density at radius 1 is 1.47 bits per heavy atom. The molecule has 0 saturated carbocycles. The SMILES string of the molecule is CC(CO)NC(=O)[C@H](N)Cc1c[nH]c2ccccc12. The molecule has 0 fully saturated rings. The zero-order valence-electron chi connectivity index (χ0n) is 10.9. The third-order valence-electron chi connectivity index (χ3n) is 3.11. The molecule has 2 rings (SSSR count). The average Bonchev–Trinajstić information content (AvgIpc) is 2.82. The van der Waals surface area contributed by atoms with E-state index in [1.807, 2.05) is 30.5 Å². The number of nitrogens with two attached hydrogens (primary N) is 1. The number of amides is 1. The summed E-state index contributed by atoms with van der Waals surface area (Å²) in [6, 6.07) is 7.01. The molecule has 0 aliphatic heterocycles. The zero-order valence-corrected chi connectivity index (χ0v) is 10.9. The minimum absolute atomic E-state index is 0.0917. The average molecular weight is 261 g/mol. The van der Waals surface area contributed by atoms with E-state index in [1.54, 1.807) is 6.92 Å². The number of rotatable bonds is 5. The quantitative estimate of drug-likeness (QED) is 0.633. The van der Waals surface area contributed by atoms with Crippen LogP contribution >= 0.6 is 0 Å². The fourth-order valence-corrected chi connectivity index (χ4v) is 2.03. The number of H-pyrrole nitrogens is 1. The first-order chi connectivity index (χ1) is 9.11. The van der Waals surface area contributed by atoms with Crippen molar-refractivity contribution in [3.63, 3.8) is 0 Å². The Labute approximate surface area is 111 Å². The summed E-state index contributed by atoms with van der Waals surface area (Å²) in [5.41, 5.74) is 7.95. The Hall–Kier alpha value is -1.85. The first-order valence-corrected chi connectivity index (χ1v) is 6.33. The van der Waals surface area contributed by atoms with Crippen molar-refractivity contribution in [2.45, 2.75) is 25.4 Å².